The first-order valence-corrected chi connectivity index (χ1v) is 14.9. The molecule has 3 aromatic carbocycles. The fourth-order valence-electron chi connectivity index (χ4n) is 4.03. The number of benzene rings is 3. The van der Waals surface area contributed by atoms with E-state index in [0.29, 0.717) is 27.7 Å². The lowest BCUT2D eigenvalue weighted by Gasteiger charge is -2.34. The van der Waals surface area contributed by atoms with Crippen LogP contribution in [0.4, 0.5) is 5.69 Å². The second-order valence-corrected chi connectivity index (χ2v) is 11.9. The molecule has 3 aromatic rings. The summed E-state index contributed by atoms with van der Waals surface area (Å²) in [6, 6.07) is 20.3. The molecule has 0 radical (unpaired) electrons. The van der Waals surface area contributed by atoms with Crippen LogP contribution in [0.5, 0.6) is 0 Å². The van der Waals surface area contributed by atoms with Gasteiger partial charge in [0.15, 0.2) is 0 Å². The lowest BCUT2D eigenvalue weighted by Crippen LogP contribution is -2.53. The molecule has 39 heavy (non-hydrogen) atoms. The molecule has 2 amide bonds. The zero-order chi connectivity index (χ0) is 28.6. The maximum Gasteiger partial charge on any atom is 0.264 e. The number of halogens is 2. The monoisotopic (exact) mass is 589 g/mol. The van der Waals surface area contributed by atoms with Gasteiger partial charge in [-0.2, -0.15) is 0 Å². The summed E-state index contributed by atoms with van der Waals surface area (Å²) in [7, 11) is -4.16. The number of para-hydroxylation sites is 1. The Bertz CT molecular complexity index is 1370. The minimum absolute atomic E-state index is 0.0113. The van der Waals surface area contributed by atoms with Crippen LogP contribution in [0.25, 0.3) is 0 Å². The number of nitrogens with zero attached hydrogens (tertiary/aromatic N) is 2. The Kier molecular flexibility index (Phi) is 10.8. The van der Waals surface area contributed by atoms with Crippen LogP contribution >= 0.6 is 23.2 Å². The Morgan fingerprint density at radius 2 is 1.49 bits per heavy atom. The second kappa shape index (κ2) is 13.8. The third-order valence-corrected chi connectivity index (χ3v) is 8.82. The van der Waals surface area contributed by atoms with Crippen LogP contribution in [-0.4, -0.2) is 43.8 Å². The Morgan fingerprint density at radius 1 is 0.872 bits per heavy atom. The summed E-state index contributed by atoms with van der Waals surface area (Å²) in [5, 5.41) is 3.79. The van der Waals surface area contributed by atoms with E-state index in [4.69, 9.17) is 23.2 Å². The topological polar surface area (TPSA) is 86.8 Å². The van der Waals surface area contributed by atoms with Crippen LogP contribution in [0.1, 0.15) is 39.2 Å². The third kappa shape index (κ3) is 7.75. The van der Waals surface area contributed by atoms with Crippen LogP contribution in [0.2, 0.25) is 10.0 Å². The van der Waals surface area contributed by atoms with E-state index in [1.54, 1.807) is 54.6 Å². The van der Waals surface area contributed by atoms with Crippen molar-refractivity contribution in [1.29, 1.82) is 0 Å². The fraction of sp³-hybridized carbons (Fsp3) is 0.310. The molecule has 0 aliphatic heterocycles. The van der Waals surface area contributed by atoms with Crippen molar-refractivity contribution in [1.82, 2.24) is 10.2 Å². The lowest BCUT2D eigenvalue weighted by atomic mass is 10.1. The summed E-state index contributed by atoms with van der Waals surface area (Å²) >= 11 is 12.4. The molecule has 0 unspecified atom stereocenters. The summed E-state index contributed by atoms with van der Waals surface area (Å²) in [6.07, 6.45) is 1.05. The molecular weight excluding hydrogens is 557 g/mol. The van der Waals surface area contributed by atoms with Gasteiger partial charge in [-0.1, -0.05) is 73.4 Å². The van der Waals surface area contributed by atoms with Gasteiger partial charge in [0.2, 0.25) is 11.8 Å². The quantitative estimate of drug-likeness (QED) is 0.284. The number of anilines is 1. The minimum Gasteiger partial charge on any atom is -0.352 e. The first kappa shape index (κ1) is 30.5. The van der Waals surface area contributed by atoms with E-state index in [0.717, 1.165) is 10.7 Å². The van der Waals surface area contributed by atoms with Crippen molar-refractivity contribution >= 4 is 50.7 Å². The van der Waals surface area contributed by atoms with Crippen molar-refractivity contribution in [2.24, 2.45) is 0 Å². The van der Waals surface area contributed by atoms with Crippen molar-refractivity contribution in [3.63, 3.8) is 0 Å². The molecule has 208 valence electrons. The molecule has 3 rings (SSSR count). The molecule has 2 atom stereocenters. The lowest BCUT2D eigenvalue weighted by molar-refractivity contribution is -0.140. The van der Waals surface area contributed by atoms with E-state index in [-0.39, 0.29) is 23.4 Å². The second-order valence-electron chi connectivity index (χ2n) is 9.16. The highest BCUT2D eigenvalue weighted by Gasteiger charge is 2.34. The third-order valence-electron chi connectivity index (χ3n) is 6.41. The zero-order valence-electron chi connectivity index (χ0n) is 22.2. The molecule has 0 saturated carbocycles. The Morgan fingerprint density at radius 3 is 2.08 bits per heavy atom. The summed E-state index contributed by atoms with van der Waals surface area (Å²) < 4.78 is 28.6. The molecule has 1 N–H and O–H groups in total. The number of carbonyl (C=O) groups excluding carboxylic acids is 2. The number of hydrogen-bond donors (Lipinski definition) is 1. The van der Waals surface area contributed by atoms with Crippen LogP contribution in [0.15, 0.2) is 83.8 Å². The highest BCUT2D eigenvalue weighted by Crippen LogP contribution is 2.26. The fourth-order valence-corrected chi connectivity index (χ4v) is 5.76. The Labute approximate surface area is 240 Å². The number of rotatable bonds is 12. The van der Waals surface area contributed by atoms with Crippen molar-refractivity contribution in [2.45, 2.75) is 57.1 Å². The van der Waals surface area contributed by atoms with Crippen LogP contribution in [0, 0.1) is 0 Å². The smallest absolute Gasteiger partial charge is 0.264 e. The average Bonchev–Trinajstić information content (AvgIpc) is 2.93. The van der Waals surface area contributed by atoms with Crippen LogP contribution in [0.3, 0.4) is 0 Å². The maximum atomic E-state index is 14.0. The number of sulfonamides is 1. The van der Waals surface area contributed by atoms with Gasteiger partial charge in [0.25, 0.3) is 10.0 Å². The molecule has 0 spiro atoms. The van der Waals surface area contributed by atoms with Crippen molar-refractivity contribution in [2.75, 3.05) is 10.8 Å². The van der Waals surface area contributed by atoms with Gasteiger partial charge in [-0.05, 0) is 67.8 Å². The van der Waals surface area contributed by atoms with Gasteiger partial charge < -0.3 is 10.2 Å². The Hall–Kier alpha value is -3.07. The van der Waals surface area contributed by atoms with Gasteiger partial charge >= 0.3 is 0 Å². The predicted molar refractivity (Wildman–Crippen MR) is 156 cm³/mol. The average molecular weight is 591 g/mol. The molecular formula is C29H33Cl2N3O4S. The van der Waals surface area contributed by atoms with E-state index in [9.17, 15) is 18.0 Å². The van der Waals surface area contributed by atoms with E-state index < -0.39 is 28.5 Å². The van der Waals surface area contributed by atoms with Crippen molar-refractivity contribution in [3.05, 3.63) is 94.5 Å². The molecule has 0 aromatic heterocycles. The van der Waals surface area contributed by atoms with E-state index in [1.165, 1.54) is 29.2 Å². The normalized spacial score (nSPS) is 12.8. The largest absolute Gasteiger partial charge is 0.352 e. The number of amides is 2. The Balaban J connectivity index is 2.04. The number of nitrogens with one attached hydrogen (secondary N) is 1. The maximum absolute atomic E-state index is 14.0. The standard InChI is InChI=1S/C29H33Cl2N3O4S/c1-4-21(3)32-29(36)27(5-2)33(19-22-11-9-10-14-26(22)31)28(35)20-34(24-12-7-6-8-13-24)39(37,38)25-17-15-23(30)16-18-25/h6-18,21,27H,4-5,19-20H2,1-3H3,(H,32,36)/t21-,27-/m1/s1. The highest BCUT2D eigenvalue weighted by molar-refractivity contribution is 7.92. The molecule has 0 aliphatic carbocycles. The molecule has 0 fully saturated rings. The van der Waals surface area contributed by atoms with Gasteiger partial charge in [0.1, 0.15) is 12.6 Å². The van der Waals surface area contributed by atoms with Gasteiger partial charge in [-0.15, -0.1) is 0 Å². The van der Waals surface area contributed by atoms with Gasteiger partial charge in [0.05, 0.1) is 10.6 Å². The molecule has 7 nitrogen and oxygen atoms in total. The molecule has 0 saturated heterocycles. The molecule has 10 heteroatoms. The van der Waals surface area contributed by atoms with Gasteiger partial charge in [-0.25, -0.2) is 8.42 Å². The molecule has 0 heterocycles. The van der Waals surface area contributed by atoms with Gasteiger partial charge in [-0.3, -0.25) is 13.9 Å². The summed E-state index contributed by atoms with van der Waals surface area (Å²) in [6.45, 7) is 5.17. The van der Waals surface area contributed by atoms with Crippen molar-refractivity contribution < 1.29 is 18.0 Å². The highest BCUT2D eigenvalue weighted by atomic mass is 35.5. The first-order valence-electron chi connectivity index (χ1n) is 12.7. The number of hydrogen-bond acceptors (Lipinski definition) is 4. The molecule has 0 bridgehead atoms. The van der Waals surface area contributed by atoms with Crippen molar-refractivity contribution in [3.8, 4) is 0 Å². The van der Waals surface area contributed by atoms with Gasteiger partial charge in [0, 0.05) is 22.6 Å². The summed E-state index contributed by atoms with van der Waals surface area (Å²) in [5.74, 6) is -0.846. The predicted octanol–water partition coefficient (Wildman–Crippen LogP) is 5.91. The van der Waals surface area contributed by atoms with E-state index >= 15 is 0 Å². The van der Waals surface area contributed by atoms with E-state index in [2.05, 4.69) is 5.32 Å². The zero-order valence-corrected chi connectivity index (χ0v) is 24.5. The van der Waals surface area contributed by atoms with E-state index in [1.807, 2.05) is 20.8 Å². The summed E-state index contributed by atoms with van der Waals surface area (Å²) in [4.78, 5) is 28.7. The molecule has 0 aliphatic rings. The van der Waals surface area contributed by atoms with Crippen LogP contribution in [-0.2, 0) is 26.2 Å². The first-order chi connectivity index (χ1) is 18.6. The minimum atomic E-state index is -4.16. The SMILES string of the molecule is CC[C@@H](C)NC(=O)[C@@H](CC)N(Cc1ccccc1Cl)C(=O)CN(c1ccccc1)S(=O)(=O)c1ccc(Cl)cc1. The van der Waals surface area contributed by atoms with Crippen LogP contribution < -0.4 is 9.62 Å². The number of carbonyl (C=O) groups is 2. The summed E-state index contributed by atoms with van der Waals surface area (Å²) in [5.41, 5.74) is 0.963.